The number of ether oxygens (including phenoxy) is 1. The minimum atomic E-state index is -0.0804. The van der Waals surface area contributed by atoms with Gasteiger partial charge in [-0.05, 0) is 18.1 Å². The van der Waals surface area contributed by atoms with E-state index in [1.54, 1.807) is 18.2 Å². The van der Waals surface area contributed by atoms with Gasteiger partial charge in [0.1, 0.15) is 0 Å². The van der Waals surface area contributed by atoms with Crippen molar-refractivity contribution in [1.29, 1.82) is 0 Å². The SMILES string of the molecule is CC(C)COc1cccc(C=O)c1O. The van der Waals surface area contributed by atoms with Crippen molar-refractivity contribution >= 4 is 6.29 Å². The Morgan fingerprint density at radius 3 is 2.79 bits per heavy atom. The second-order valence-corrected chi connectivity index (χ2v) is 3.52. The maximum absolute atomic E-state index is 10.5. The standard InChI is InChI=1S/C11H14O3/c1-8(2)7-14-10-5-3-4-9(6-12)11(10)13/h3-6,8,13H,7H2,1-2H3. The van der Waals surface area contributed by atoms with Crippen molar-refractivity contribution in [3.63, 3.8) is 0 Å². The quantitative estimate of drug-likeness (QED) is 0.748. The molecule has 0 aromatic heterocycles. The van der Waals surface area contributed by atoms with Gasteiger partial charge in [0, 0.05) is 0 Å². The van der Waals surface area contributed by atoms with Crippen molar-refractivity contribution in [2.75, 3.05) is 6.61 Å². The van der Waals surface area contributed by atoms with E-state index in [0.717, 1.165) is 0 Å². The van der Waals surface area contributed by atoms with E-state index in [-0.39, 0.29) is 11.3 Å². The zero-order valence-electron chi connectivity index (χ0n) is 8.36. The lowest BCUT2D eigenvalue weighted by molar-refractivity contribution is 0.112. The fourth-order valence-electron chi connectivity index (χ4n) is 1.01. The third-order valence-corrected chi connectivity index (χ3v) is 1.73. The van der Waals surface area contributed by atoms with Gasteiger partial charge >= 0.3 is 0 Å². The highest BCUT2D eigenvalue weighted by molar-refractivity contribution is 5.80. The zero-order chi connectivity index (χ0) is 10.6. The molecular formula is C11H14O3. The van der Waals surface area contributed by atoms with Crippen molar-refractivity contribution in [2.45, 2.75) is 13.8 Å². The molecule has 1 aromatic carbocycles. The second kappa shape index (κ2) is 4.65. The number of carbonyl (C=O) groups is 1. The van der Waals surface area contributed by atoms with Crippen LogP contribution < -0.4 is 4.74 Å². The number of rotatable bonds is 4. The van der Waals surface area contributed by atoms with E-state index in [4.69, 9.17) is 4.74 Å². The fraction of sp³-hybridized carbons (Fsp3) is 0.364. The molecule has 0 saturated carbocycles. The van der Waals surface area contributed by atoms with Crippen molar-refractivity contribution in [2.24, 2.45) is 5.92 Å². The van der Waals surface area contributed by atoms with Gasteiger partial charge in [-0.3, -0.25) is 4.79 Å². The summed E-state index contributed by atoms with van der Waals surface area (Å²) in [5.41, 5.74) is 0.256. The third-order valence-electron chi connectivity index (χ3n) is 1.73. The van der Waals surface area contributed by atoms with Gasteiger partial charge in [0.15, 0.2) is 17.8 Å². The highest BCUT2D eigenvalue weighted by Gasteiger charge is 2.07. The van der Waals surface area contributed by atoms with Crippen LogP contribution in [0.2, 0.25) is 0 Å². The minimum absolute atomic E-state index is 0.0804. The van der Waals surface area contributed by atoms with E-state index in [9.17, 15) is 9.90 Å². The Labute approximate surface area is 83.3 Å². The molecule has 0 bridgehead atoms. The maximum atomic E-state index is 10.5. The zero-order valence-corrected chi connectivity index (χ0v) is 8.36. The molecule has 3 heteroatoms. The summed E-state index contributed by atoms with van der Waals surface area (Å²) in [7, 11) is 0. The molecule has 76 valence electrons. The van der Waals surface area contributed by atoms with E-state index in [1.807, 2.05) is 13.8 Å². The molecule has 0 fully saturated rings. The van der Waals surface area contributed by atoms with Crippen LogP contribution in [0.15, 0.2) is 18.2 Å². The number of hydrogen-bond acceptors (Lipinski definition) is 3. The first-order valence-corrected chi connectivity index (χ1v) is 4.55. The second-order valence-electron chi connectivity index (χ2n) is 3.52. The van der Waals surface area contributed by atoms with Gasteiger partial charge in [-0.25, -0.2) is 0 Å². The first kappa shape index (κ1) is 10.6. The molecule has 3 nitrogen and oxygen atoms in total. The summed E-state index contributed by atoms with van der Waals surface area (Å²) in [5.74, 6) is 0.667. The van der Waals surface area contributed by atoms with Gasteiger partial charge in [-0.15, -0.1) is 0 Å². The van der Waals surface area contributed by atoms with Gasteiger partial charge in [-0.1, -0.05) is 19.9 Å². The van der Waals surface area contributed by atoms with Crippen molar-refractivity contribution in [3.8, 4) is 11.5 Å². The van der Waals surface area contributed by atoms with Crippen LogP contribution >= 0.6 is 0 Å². The molecule has 0 aliphatic rings. The molecule has 0 aliphatic heterocycles. The average molecular weight is 194 g/mol. The predicted octanol–water partition coefficient (Wildman–Crippen LogP) is 2.24. The van der Waals surface area contributed by atoms with Crippen molar-refractivity contribution in [3.05, 3.63) is 23.8 Å². The van der Waals surface area contributed by atoms with Crippen LogP contribution in [0, 0.1) is 5.92 Å². The molecule has 14 heavy (non-hydrogen) atoms. The Morgan fingerprint density at radius 1 is 1.50 bits per heavy atom. The molecular weight excluding hydrogens is 180 g/mol. The van der Waals surface area contributed by atoms with Crippen LogP contribution in [-0.2, 0) is 0 Å². The molecule has 0 saturated heterocycles. The van der Waals surface area contributed by atoms with Crippen LogP contribution in [0.3, 0.4) is 0 Å². The van der Waals surface area contributed by atoms with Gasteiger partial charge in [0.05, 0.1) is 12.2 Å². The van der Waals surface area contributed by atoms with Gasteiger partial charge < -0.3 is 9.84 Å². The van der Waals surface area contributed by atoms with Gasteiger partial charge in [0.25, 0.3) is 0 Å². The van der Waals surface area contributed by atoms with Crippen LogP contribution in [0.25, 0.3) is 0 Å². The number of hydrogen-bond donors (Lipinski definition) is 1. The van der Waals surface area contributed by atoms with Crippen molar-refractivity contribution < 1.29 is 14.6 Å². The smallest absolute Gasteiger partial charge is 0.168 e. The molecule has 0 spiro atoms. The Balaban J connectivity index is 2.81. The number of aldehydes is 1. The normalized spacial score (nSPS) is 10.2. The van der Waals surface area contributed by atoms with Crippen LogP contribution in [0.1, 0.15) is 24.2 Å². The first-order valence-electron chi connectivity index (χ1n) is 4.55. The average Bonchev–Trinajstić information content (AvgIpc) is 2.16. The summed E-state index contributed by atoms with van der Waals surface area (Å²) in [6, 6.07) is 4.87. The van der Waals surface area contributed by atoms with E-state index in [2.05, 4.69) is 0 Å². The summed E-state index contributed by atoms with van der Waals surface area (Å²) in [5, 5.41) is 9.55. The molecule has 0 atom stereocenters. The maximum Gasteiger partial charge on any atom is 0.168 e. The highest BCUT2D eigenvalue weighted by Crippen LogP contribution is 2.28. The van der Waals surface area contributed by atoms with E-state index < -0.39 is 0 Å². The summed E-state index contributed by atoms with van der Waals surface area (Å²) in [4.78, 5) is 10.5. The lowest BCUT2D eigenvalue weighted by Crippen LogP contribution is -2.04. The monoisotopic (exact) mass is 194 g/mol. The largest absolute Gasteiger partial charge is 0.504 e. The Morgan fingerprint density at radius 2 is 2.21 bits per heavy atom. The van der Waals surface area contributed by atoms with Crippen LogP contribution in [0.4, 0.5) is 0 Å². The molecule has 1 N–H and O–H groups in total. The number of carbonyl (C=O) groups excluding carboxylic acids is 1. The highest BCUT2D eigenvalue weighted by atomic mass is 16.5. The molecule has 0 unspecified atom stereocenters. The van der Waals surface area contributed by atoms with E-state index in [1.165, 1.54) is 0 Å². The molecule has 0 heterocycles. The van der Waals surface area contributed by atoms with Crippen molar-refractivity contribution in [1.82, 2.24) is 0 Å². The molecule has 0 amide bonds. The predicted molar refractivity (Wildman–Crippen MR) is 53.8 cm³/mol. The lowest BCUT2D eigenvalue weighted by Gasteiger charge is -2.10. The van der Waals surface area contributed by atoms with E-state index in [0.29, 0.717) is 24.6 Å². The number of para-hydroxylation sites is 1. The first-order chi connectivity index (χ1) is 6.65. The molecule has 1 rings (SSSR count). The molecule has 1 aromatic rings. The van der Waals surface area contributed by atoms with E-state index >= 15 is 0 Å². The van der Waals surface area contributed by atoms with Crippen LogP contribution in [-0.4, -0.2) is 18.0 Å². The summed E-state index contributed by atoms with van der Waals surface area (Å²) >= 11 is 0. The Bertz CT molecular complexity index is 318. The number of aromatic hydroxyl groups is 1. The Hall–Kier alpha value is -1.51. The third kappa shape index (κ3) is 2.49. The minimum Gasteiger partial charge on any atom is -0.504 e. The summed E-state index contributed by atoms with van der Waals surface area (Å²) in [6.45, 7) is 4.55. The topological polar surface area (TPSA) is 46.5 Å². The van der Waals surface area contributed by atoms with Gasteiger partial charge in [0.2, 0.25) is 0 Å². The number of benzene rings is 1. The molecule has 0 aliphatic carbocycles. The van der Waals surface area contributed by atoms with Gasteiger partial charge in [-0.2, -0.15) is 0 Å². The number of phenols is 1. The Kier molecular flexibility index (Phi) is 3.51. The lowest BCUT2D eigenvalue weighted by atomic mass is 10.2. The van der Waals surface area contributed by atoms with Crippen LogP contribution in [0.5, 0.6) is 11.5 Å². The summed E-state index contributed by atoms with van der Waals surface area (Å²) in [6.07, 6.45) is 0.609. The summed E-state index contributed by atoms with van der Waals surface area (Å²) < 4.78 is 5.33. The number of phenolic OH excluding ortho intramolecular Hbond substituents is 1. The molecule has 0 radical (unpaired) electrons. The fourth-order valence-corrected chi connectivity index (χ4v) is 1.01.